The van der Waals surface area contributed by atoms with Gasteiger partial charge in [0.2, 0.25) is 10.0 Å². The molecule has 0 unspecified atom stereocenters. The Morgan fingerprint density at radius 2 is 2.05 bits per heavy atom. The highest BCUT2D eigenvalue weighted by atomic mass is 32.2. The summed E-state index contributed by atoms with van der Waals surface area (Å²) in [4.78, 5) is 3.38. The zero-order chi connectivity index (χ0) is 15.6. The third-order valence-electron chi connectivity index (χ3n) is 3.31. The van der Waals surface area contributed by atoms with Gasteiger partial charge < -0.3 is 10.6 Å². The van der Waals surface area contributed by atoms with Gasteiger partial charge in [0.05, 0.1) is 11.4 Å². The number of anilines is 2. The molecule has 2 rings (SSSR count). The molecule has 0 aliphatic carbocycles. The quantitative estimate of drug-likeness (QED) is 0.826. The van der Waals surface area contributed by atoms with Gasteiger partial charge in [-0.2, -0.15) is 0 Å². The van der Waals surface area contributed by atoms with Crippen LogP contribution in [0.1, 0.15) is 17.4 Å². The molecule has 0 aliphatic heterocycles. The van der Waals surface area contributed by atoms with Crippen LogP contribution in [0.2, 0.25) is 0 Å². The van der Waals surface area contributed by atoms with Crippen LogP contribution in [0.25, 0.3) is 0 Å². The normalized spacial score (nSPS) is 11.6. The first-order chi connectivity index (χ1) is 9.82. The lowest BCUT2D eigenvalue weighted by Crippen LogP contribution is -2.24. The van der Waals surface area contributed by atoms with E-state index in [1.54, 1.807) is 24.3 Å². The summed E-state index contributed by atoms with van der Waals surface area (Å²) in [5.41, 5.74) is 7.67. The standard InChI is InChI=1S/C14H19N3O2S2/c1-3-17(9-12-5-4-6-20-12)13-7-11(15)8-14(10(13)2)21(16,18)19/h4-8H,3,9,15H2,1-2H3,(H2,16,18,19). The summed E-state index contributed by atoms with van der Waals surface area (Å²) in [6, 6.07) is 7.25. The average Bonchev–Trinajstić information content (AvgIpc) is 2.90. The fourth-order valence-electron chi connectivity index (χ4n) is 2.28. The van der Waals surface area contributed by atoms with Gasteiger partial charge in [-0.25, -0.2) is 13.6 Å². The molecule has 1 aromatic carbocycles. The van der Waals surface area contributed by atoms with Crippen molar-refractivity contribution in [3.8, 4) is 0 Å². The number of nitrogen functional groups attached to an aromatic ring is 1. The molecular weight excluding hydrogens is 306 g/mol. The number of rotatable bonds is 5. The SMILES string of the molecule is CCN(Cc1cccs1)c1cc(N)cc(S(N)(=O)=O)c1C. The molecule has 0 aliphatic rings. The largest absolute Gasteiger partial charge is 0.399 e. The van der Waals surface area contributed by atoms with Gasteiger partial charge in [-0.1, -0.05) is 6.07 Å². The van der Waals surface area contributed by atoms with E-state index in [1.165, 1.54) is 10.9 Å². The van der Waals surface area contributed by atoms with Crippen molar-refractivity contribution in [1.82, 2.24) is 0 Å². The van der Waals surface area contributed by atoms with Crippen LogP contribution in [0.4, 0.5) is 11.4 Å². The second-order valence-electron chi connectivity index (χ2n) is 4.80. The minimum absolute atomic E-state index is 0.0853. The Labute approximate surface area is 129 Å². The molecular formula is C14H19N3O2S2. The second kappa shape index (κ2) is 6.05. The number of nitrogens with two attached hydrogens (primary N) is 2. The Bertz CT molecular complexity index is 725. The summed E-state index contributed by atoms with van der Waals surface area (Å²) >= 11 is 1.67. The number of nitrogens with zero attached hydrogens (tertiary/aromatic N) is 1. The second-order valence-corrected chi connectivity index (χ2v) is 7.36. The van der Waals surface area contributed by atoms with E-state index in [1.807, 2.05) is 18.4 Å². The third-order valence-corrected chi connectivity index (χ3v) is 5.21. The fourth-order valence-corrected chi connectivity index (χ4v) is 3.83. The fraction of sp³-hybridized carbons (Fsp3) is 0.286. The topological polar surface area (TPSA) is 89.4 Å². The number of thiophene rings is 1. The first-order valence-electron chi connectivity index (χ1n) is 6.53. The van der Waals surface area contributed by atoms with Gasteiger partial charge in [-0.3, -0.25) is 0 Å². The first-order valence-corrected chi connectivity index (χ1v) is 8.95. The van der Waals surface area contributed by atoms with Crippen LogP contribution in [0.3, 0.4) is 0 Å². The van der Waals surface area contributed by atoms with Gasteiger partial charge in [0.25, 0.3) is 0 Å². The van der Waals surface area contributed by atoms with Crippen LogP contribution in [0.15, 0.2) is 34.5 Å². The lowest BCUT2D eigenvalue weighted by molar-refractivity contribution is 0.597. The monoisotopic (exact) mass is 325 g/mol. The summed E-state index contributed by atoms with van der Waals surface area (Å²) in [7, 11) is -3.79. The Kier molecular flexibility index (Phi) is 4.55. The van der Waals surface area contributed by atoms with Crippen molar-refractivity contribution in [2.45, 2.75) is 25.3 Å². The number of sulfonamides is 1. The highest BCUT2D eigenvalue weighted by Crippen LogP contribution is 2.30. The van der Waals surface area contributed by atoms with E-state index in [-0.39, 0.29) is 4.90 Å². The maximum atomic E-state index is 11.7. The number of hydrogen-bond donors (Lipinski definition) is 2. The minimum atomic E-state index is -3.79. The molecule has 0 bridgehead atoms. The molecule has 0 atom stereocenters. The van der Waals surface area contributed by atoms with Crippen molar-refractivity contribution in [3.63, 3.8) is 0 Å². The van der Waals surface area contributed by atoms with Crippen LogP contribution in [0, 0.1) is 6.92 Å². The molecule has 0 saturated heterocycles. The van der Waals surface area contributed by atoms with Gasteiger partial charge in [0, 0.05) is 22.8 Å². The van der Waals surface area contributed by atoms with Crippen molar-refractivity contribution in [1.29, 1.82) is 0 Å². The molecule has 1 heterocycles. The minimum Gasteiger partial charge on any atom is -0.399 e. The molecule has 0 saturated carbocycles. The molecule has 1 aromatic heterocycles. The van der Waals surface area contributed by atoms with Crippen LogP contribution < -0.4 is 15.8 Å². The summed E-state index contributed by atoms with van der Waals surface area (Å²) < 4.78 is 23.4. The van der Waals surface area contributed by atoms with E-state index in [0.717, 1.165) is 12.2 Å². The van der Waals surface area contributed by atoms with Crippen molar-refractivity contribution in [2.75, 3.05) is 17.2 Å². The van der Waals surface area contributed by atoms with Gasteiger partial charge in [-0.15, -0.1) is 11.3 Å². The van der Waals surface area contributed by atoms with Gasteiger partial charge in [0.1, 0.15) is 0 Å². The highest BCUT2D eigenvalue weighted by molar-refractivity contribution is 7.89. The Morgan fingerprint density at radius 1 is 1.33 bits per heavy atom. The van der Waals surface area contributed by atoms with Crippen LogP contribution in [-0.4, -0.2) is 15.0 Å². The summed E-state index contributed by atoms with van der Waals surface area (Å²) in [6.45, 7) is 5.23. The molecule has 4 N–H and O–H groups in total. The van der Waals surface area contributed by atoms with E-state index in [9.17, 15) is 8.42 Å². The molecule has 0 radical (unpaired) electrons. The first kappa shape index (κ1) is 15.8. The van der Waals surface area contributed by atoms with Gasteiger partial charge >= 0.3 is 0 Å². The van der Waals surface area contributed by atoms with Crippen molar-refractivity contribution < 1.29 is 8.42 Å². The summed E-state index contributed by atoms with van der Waals surface area (Å²) in [6.07, 6.45) is 0. The molecule has 0 fully saturated rings. The zero-order valence-electron chi connectivity index (χ0n) is 12.0. The zero-order valence-corrected chi connectivity index (χ0v) is 13.7. The Morgan fingerprint density at radius 3 is 2.57 bits per heavy atom. The van der Waals surface area contributed by atoms with Gasteiger partial charge in [-0.05, 0) is 43.0 Å². The maximum Gasteiger partial charge on any atom is 0.238 e. The van der Waals surface area contributed by atoms with Crippen molar-refractivity contribution in [3.05, 3.63) is 40.1 Å². The van der Waals surface area contributed by atoms with E-state index >= 15 is 0 Å². The Hall–Kier alpha value is -1.57. The predicted molar refractivity (Wildman–Crippen MR) is 88.0 cm³/mol. The third kappa shape index (κ3) is 3.55. The number of primary sulfonamides is 1. The maximum absolute atomic E-state index is 11.7. The molecule has 0 amide bonds. The summed E-state index contributed by atoms with van der Waals surface area (Å²) in [5.74, 6) is 0. The van der Waals surface area contributed by atoms with Crippen LogP contribution >= 0.6 is 11.3 Å². The highest BCUT2D eigenvalue weighted by Gasteiger charge is 2.18. The average molecular weight is 325 g/mol. The molecule has 2 aromatic rings. The molecule has 7 heteroatoms. The lowest BCUT2D eigenvalue weighted by Gasteiger charge is -2.26. The lowest BCUT2D eigenvalue weighted by atomic mass is 10.1. The predicted octanol–water partition coefficient (Wildman–Crippen LogP) is 2.31. The van der Waals surface area contributed by atoms with Crippen molar-refractivity contribution in [2.24, 2.45) is 5.14 Å². The van der Waals surface area contributed by atoms with Crippen molar-refractivity contribution >= 4 is 32.7 Å². The molecule has 114 valence electrons. The molecule has 0 spiro atoms. The van der Waals surface area contributed by atoms with Crippen LogP contribution in [0.5, 0.6) is 0 Å². The van der Waals surface area contributed by atoms with Gasteiger partial charge in [0.15, 0.2) is 0 Å². The summed E-state index contributed by atoms with van der Waals surface area (Å²) in [5, 5.41) is 7.29. The molecule has 21 heavy (non-hydrogen) atoms. The van der Waals surface area contributed by atoms with Crippen LogP contribution in [-0.2, 0) is 16.6 Å². The van der Waals surface area contributed by atoms with E-state index < -0.39 is 10.0 Å². The van der Waals surface area contributed by atoms with E-state index in [4.69, 9.17) is 10.9 Å². The smallest absolute Gasteiger partial charge is 0.238 e. The Balaban J connectivity index is 2.48. The number of hydrogen-bond acceptors (Lipinski definition) is 5. The number of benzene rings is 1. The van der Waals surface area contributed by atoms with E-state index in [0.29, 0.717) is 17.8 Å². The van der Waals surface area contributed by atoms with E-state index in [2.05, 4.69) is 11.0 Å². The molecule has 5 nitrogen and oxygen atoms in total.